The van der Waals surface area contributed by atoms with Crippen LogP contribution in [-0.2, 0) is 19.1 Å². The van der Waals surface area contributed by atoms with E-state index in [4.69, 9.17) is 19.4 Å². The highest BCUT2D eigenvalue weighted by Crippen LogP contribution is 2.36. The van der Waals surface area contributed by atoms with Gasteiger partial charge in [-0.2, -0.15) is 0 Å². The highest BCUT2D eigenvalue weighted by Gasteiger charge is 2.39. The number of likely N-dealkylation sites (tertiary alicyclic amines) is 2. The zero-order valence-electron chi connectivity index (χ0n) is 36.0. The van der Waals surface area contributed by atoms with E-state index in [2.05, 4.69) is 93.4 Å². The van der Waals surface area contributed by atoms with Crippen LogP contribution in [0.15, 0.2) is 85.1 Å². The summed E-state index contributed by atoms with van der Waals surface area (Å²) in [5, 5.41) is 7.67. The predicted molar refractivity (Wildman–Crippen MR) is 238 cm³/mol. The van der Waals surface area contributed by atoms with Gasteiger partial charge in [-0.15, -0.1) is 0 Å². The minimum absolute atomic E-state index is 0.104. The van der Waals surface area contributed by atoms with Gasteiger partial charge in [0.15, 0.2) is 0 Å². The number of rotatable bonds is 11. The molecule has 0 saturated carbocycles. The Morgan fingerprint density at radius 1 is 0.629 bits per heavy atom. The summed E-state index contributed by atoms with van der Waals surface area (Å²) in [5.41, 5.74) is 7.93. The second-order valence-corrected chi connectivity index (χ2v) is 17.0. The molecule has 4 N–H and O–H groups in total. The molecule has 0 radical (unpaired) electrons. The summed E-state index contributed by atoms with van der Waals surface area (Å²) in [6.45, 7) is 8.82. The van der Waals surface area contributed by atoms with Crippen molar-refractivity contribution in [1.29, 1.82) is 0 Å². The largest absolute Gasteiger partial charge is 0.453 e. The van der Waals surface area contributed by atoms with Gasteiger partial charge in [0, 0.05) is 13.1 Å². The van der Waals surface area contributed by atoms with Gasteiger partial charge in [0.05, 0.1) is 49.2 Å². The van der Waals surface area contributed by atoms with Crippen molar-refractivity contribution in [3.63, 3.8) is 0 Å². The lowest BCUT2D eigenvalue weighted by Crippen LogP contribution is -2.51. The van der Waals surface area contributed by atoms with E-state index in [1.807, 2.05) is 49.8 Å². The monoisotopic (exact) mass is 838 g/mol. The van der Waals surface area contributed by atoms with Crippen LogP contribution in [0, 0.1) is 11.8 Å². The number of nitrogens with one attached hydrogen (secondary N) is 4. The van der Waals surface area contributed by atoms with Crippen molar-refractivity contribution in [2.24, 2.45) is 11.8 Å². The molecule has 4 atom stereocenters. The molecule has 6 aromatic rings. The number of methoxy groups -OCH3 is 2. The Morgan fingerprint density at radius 3 is 1.66 bits per heavy atom. The number of carbonyl (C=O) groups excluding carboxylic acids is 4. The highest BCUT2D eigenvalue weighted by atomic mass is 16.5. The first-order valence-electron chi connectivity index (χ1n) is 21.4. The lowest BCUT2D eigenvalue weighted by Gasteiger charge is -2.30. The van der Waals surface area contributed by atoms with Gasteiger partial charge in [0.1, 0.15) is 23.7 Å². The van der Waals surface area contributed by atoms with Crippen molar-refractivity contribution in [2.45, 2.75) is 77.5 Å². The summed E-state index contributed by atoms with van der Waals surface area (Å²) in [7, 11) is 2.59. The van der Waals surface area contributed by atoms with E-state index in [9.17, 15) is 19.2 Å². The smallest absolute Gasteiger partial charge is 0.407 e. The minimum Gasteiger partial charge on any atom is -0.453 e. The molecule has 0 bridgehead atoms. The number of benzene rings is 4. The molecule has 2 aliphatic heterocycles. The normalized spacial score (nSPS) is 17.5. The number of imidazole rings is 2. The molecule has 62 heavy (non-hydrogen) atoms. The van der Waals surface area contributed by atoms with Crippen LogP contribution in [0.4, 0.5) is 9.59 Å². The molecule has 14 heteroatoms. The number of fused-ring (bicyclic) bond motifs is 2. The SMILES string of the molecule is COC(=O)N[C@H](C(=O)N1CCCC1c1nc2ccc(-c3ccc4cc(-c5ccc(-c6cnc([C@@H]7CCCN7C(=O)[C@@H](NC(=O)OC)C(C)C)[nH]6)cc5)ccc4c3)cc2[nH]1)C(C)C. The fraction of sp³-hybridized carbons (Fsp3) is 0.375. The maximum absolute atomic E-state index is 13.7. The molecule has 4 heterocycles. The third kappa shape index (κ3) is 8.46. The topological polar surface area (TPSA) is 175 Å². The zero-order chi connectivity index (χ0) is 43.7. The fourth-order valence-corrected chi connectivity index (χ4v) is 8.85. The van der Waals surface area contributed by atoms with Crippen LogP contribution >= 0.6 is 0 Å². The van der Waals surface area contributed by atoms with Gasteiger partial charge in [-0.1, -0.05) is 82.3 Å². The van der Waals surface area contributed by atoms with Gasteiger partial charge in [-0.25, -0.2) is 19.6 Å². The van der Waals surface area contributed by atoms with Crippen LogP contribution in [0.1, 0.15) is 77.1 Å². The maximum Gasteiger partial charge on any atom is 0.407 e. The van der Waals surface area contributed by atoms with E-state index in [0.717, 1.165) is 92.6 Å². The summed E-state index contributed by atoms with van der Waals surface area (Å²) in [4.78, 5) is 71.5. The molecule has 2 aliphatic rings. The molecular formula is C48H54N8O6. The summed E-state index contributed by atoms with van der Waals surface area (Å²) in [6.07, 6.45) is 3.85. The van der Waals surface area contributed by atoms with E-state index in [1.165, 1.54) is 14.2 Å². The summed E-state index contributed by atoms with van der Waals surface area (Å²) in [5.74, 6) is 0.996. The molecule has 322 valence electrons. The van der Waals surface area contributed by atoms with Crippen molar-refractivity contribution in [3.05, 3.63) is 96.7 Å². The molecule has 0 aliphatic carbocycles. The standard InChI is InChI=1S/C48H54N8O6/c1-27(2)41(53-47(59)61-5)45(57)55-21-7-9-39(55)43-49-26-38(52-43)30-13-11-29(12-14-30)31-15-16-33-24-34(18-17-32(33)23-31)35-19-20-36-37(25-35)51-44(50-36)40-10-8-22-56(40)46(58)42(28(3)4)54-48(60)62-6/h11-20,23-28,39-42H,7-10,21-22H2,1-6H3,(H,49,52)(H,50,51)(H,53,59)(H,54,60)/t39-,40?,41-,42-/m0/s1. The van der Waals surface area contributed by atoms with Gasteiger partial charge >= 0.3 is 12.2 Å². The van der Waals surface area contributed by atoms with Gasteiger partial charge < -0.3 is 39.9 Å². The van der Waals surface area contributed by atoms with Crippen LogP contribution in [-0.4, -0.2) is 93.1 Å². The Hall–Kier alpha value is -6.70. The summed E-state index contributed by atoms with van der Waals surface area (Å²) in [6, 6.07) is 25.8. The predicted octanol–water partition coefficient (Wildman–Crippen LogP) is 8.53. The van der Waals surface area contributed by atoms with Crippen LogP contribution in [0.3, 0.4) is 0 Å². The first-order valence-corrected chi connectivity index (χ1v) is 21.4. The molecule has 14 nitrogen and oxygen atoms in total. The summed E-state index contributed by atoms with van der Waals surface area (Å²) >= 11 is 0. The first kappa shape index (κ1) is 42.0. The molecule has 4 aromatic carbocycles. The number of aromatic nitrogens is 4. The third-order valence-corrected chi connectivity index (χ3v) is 12.3. The van der Waals surface area contributed by atoms with Crippen molar-refractivity contribution < 1.29 is 28.7 Å². The second-order valence-electron chi connectivity index (χ2n) is 17.0. The average Bonchev–Trinajstić information content (AvgIpc) is 4.12. The van der Waals surface area contributed by atoms with Gasteiger partial charge in [-0.05, 0) is 100 Å². The Kier molecular flexibility index (Phi) is 12.0. The lowest BCUT2D eigenvalue weighted by atomic mass is 9.97. The molecule has 4 amide bonds. The number of ether oxygens (including phenoxy) is 2. The van der Waals surface area contributed by atoms with E-state index < -0.39 is 24.3 Å². The molecular weight excluding hydrogens is 785 g/mol. The molecule has 2 aromatic heterocycles. The number of H-pyrrole nitrogens is 2. The van der Waals surface area contributed by atoms with Crippen molar-refractivity contribution in [2.75, 3.05) is 27.3 Å². The number of alkyl carbamates (subject to hydrolysis) is 2. The van der Waals surface area contributed by atoms with Crippen LogP contribution in [0.2, 0.25) is 0 Å². The number of nitrogens with zero attached hydrogens (tertiary/aromatic N) is 4. The fourth-order valence-electron chi connectivity index (χ4n) is 8.85. The minimum atomic E-state index is -0.690. The lowest BCUT2D eigenvalue weighted by molar-refractivity contribution is -0.136. The molecule has 2 saturated heterocycles. The Labute approximate surface area is 360 Å². The maximum atomic E-state index is 13.7. The van der Waals surface area contributed by atoms with E-state index >= 15 is 0 Å². The van der Waals surface area contributed by atoms with E-state index in [1.54, 1.807) is 0 Å². The first-order chi connectivity index (χ1) is 29.9. The average molecular weight is 839 g/mol. The summed E-state index contributed by atoms with van der Waals surface area (Å²) < 4.78 is 9.55. The molecule has 0 spiro atoms. The van der Waals surface area contributed by atoms with Crippen LogP contribution in [0.5, 0.6) is 0 Å². The van der Waals surface area contributed by atoms with E-state index in [0.29, 0.717) is 13.1 Å². The Morgan fingerprint density at radius 2 is 1.11 bits per heavy atom. The molecule has 1 unspecified atom stereocenters. The van der Waals surface area contributed by atoms with Gasteiger partial charge in [-0.3, -0.25) is 9.59 Å². The van der Waals surface area contributed by atoms with Crippen LogP contribution in [0.25, 0.3) is 55.3 Å². The van der Waals surface area contributed by atoms with Crippen molar-refractivity contribution in [3.8, 4) is 33.5 Å². The van der Waals surface area contributed by atoms with Gasteiger partial charge in [0.2, 0.25) is 11.8 Å². The zero-order valence-corrected chi connectivity index (χ0v) is 36.0. The molecule has 2 fully saturated rings. The Balaban J connectivity index is 0.951. The van der Waals surface area contributed by atoms with Crippen LogP contribution < -0.4 is 10.6 Å². The number of aromatic amines is 2. The second kappa shape index (κ2) is 17.7. The number of hydrogen-bond acceptors (Lipinski definition) is 8. The van der Waals surface area contributed by atoms with E-state index in [-0.39, 0.29) is 35.7 Å². The van der Waals surface area contributed by atoms with Gasteiger partial charge in [0.25, 0.3) is 0 Å². The Bertz CT molecular complexity index is 2620. The van der Waals surface area contributed by atoms with Crippen molar-refractivity contribution >= 4 is 45.8 Å². The number of amides is 4. The quantitative estimate of drug-likeness (QED) is 0.100. The number of hydrogen-bond donors (Lipinski definition) is 4. The highest BCUT2D eigenvalue weighted by molar-refractivity contribution is 5.92. The third-order valence-electron chi connectivity index (χ3n) is 12.3. The molecule has 8 rings (SSSR count). The number of carbonyl (C=O) groups is 4. The van der Waals surface area contributed by atoms with Crippen molar-refractivity contribution in [1.82, 2.24) is 40.4 Å².